The molecule has 2 amide bonds. The van der Waals surface area contributed by atoms with E-state index < -0.39 is 12.0 Å². The Balaban J connectivity index is 1.91. The number of anilines is 1. The maximum Gasteiger partial charge on any atom is 0.323 e. The predicted molar refractivity (Wildman–Crippen MR) is 85.2 cm³/mol. The summed E-state index contributed by atoms with van der Waals surface area (Å²) in [6, 6.07) is 5.89. The van der Waals surface area contributed by atoms with E-state index in [1.807, 2.05) is 6.07 Å². The highest BCUT2D eigenvalue weighted by atomic mass is 32.1. The number of nitrogens with zero attached hydrogens (tertiary/aromatic N) is 2. The molecule has 1 heterocycles. The van der Waals surface area contributed by atoms with E-state index in [2.05, 4.69) is 10.3 Å². The van der Waals surface area contributed by atoms with Gasteiger partial charge in [0.2, 0.25) is 0 Å². The number of carboxylic acid groups (broad SMARTS) is 1. The Hall–Kier alpha value is -2.48. The number of carbonyl (C=O) groups is 2. The van der Waals surface area contributed by atoms with Gasteiger partial charge in [-0.3, -0.25) is 10.1 Å². The number of thiazole rings is 1. The van der Waals surface area contributed by atoms with E-state index in [1.54, 1.807) is 12.3 Å². The molecule has 0 unspecified atom stereocenters. The highest BCUT2D eigenvalue weighted by molar-refractivity contribution is 7.15. The number of carbonyl (C=O) groups excluding carboxylic acids is 1. The number of halogens is 1. The van der Waals surface area contributed by atoms with Crippen LogP contribution in [0.4, 0.5) is 14.3 Å². The number of rotatable bonds is 6. The van der Waals surface area contributed by atoms with E-state index in [-0.39, 0.29) is 18.8 Å². The summed E-state index contributed by atoms with van der Waals surface area (Å²) in [5, 5.41) is 11.6. The molecule has 6 nitrogen and oxygen atoms in total. The molecule has 0 aliphatic heterocycles. The van der Waals surface area contributed by atoms with Crippen LogP contribution in [-0.2, 0) is 11.2 Å². The second-order valence-electron chi connectivity index (χ2n) is 4.93. The molecule has 2 N–H and O–H groups in total. The van der Waals surface area contributed by atoms with Crippen molar-refractivity contribution < 1.29 is 19.1 Å². The Morgan fingerprint density at radius 3 is 2.91 bits per heavy atom. The molecule has 2 rings (SSSR count). The molecule has 0 saturated heterocycles. The largest absolute Gasteiger partial charge is 0.481 e. The molecule has 0 atom stereocenters. The van der Waals surface area contributed by atoms with Crippen LogP contribution < -0.4 is 5.32 Å². The van der Waals surface area contributed by atoms with Crippen LogP contribution in [0.3, 0.4) is 0 Å². The molecule has 23 heavy (non-hydrogen) atoms. The summed E-state index contributed by atoms with van der Waals surface area (Å²) in [7, 11) is 1.51. The minimum absolute atomic E-state index is 0.114. The Morgan fingerprint density at radius 1 is 1.43 bits per heavy atom. The predicted octanol–water partition coefficient (Wildman–Crippen LogP) is 2.81. The summed E-state index contributed by atoms with van der Waals surface area (Å²) >= 11 is 1.30. The maximum absolute atomic E-state index is 13.1. The number of carboxylic acids is 1. The van der Waals surface area contributed by atoms with E-state index >= 15 is 0 Å². The summed E-state index contributed by atoms with van der Waals surface area (Å²) in [6.45, 7) is 0.114. The number of aromatic nitrogens is 1. The lowest BCUT2D eigenvalue weighted by Gasteiger charge is -2.15. The minimum Gasteiger partial charge on any atom is -0.481 e. The van der Waals surface area contributed by atoms with Crippen LogP contribution in [0.2, 0.25) is 0 Å². The van der Waals surface area contributed by atoms with Gasteiger partial charge in [0.1, 0.15) is 5.82 Å². The van der Waals surface area contributed by atoms with Crippen molar-refractivity contribution in [2.75, 3.05) is 18.9 Å². The molecular formula is C15H16FN3O3S. The van der Waals surface area contributed by atoms with E-state index in [0.717, 1.165) is 10.4 Å². The first-order valence-electron chi connectivity index (χ1n) is 6.87. The fourth-order valence-electron chi connectivity index (χ4n) is 1.85. The Kier molecular flexibility index (Phi) is 5.64. The van der Waals surface area contributed by atoms with Crippen molar-refractivity contribution in [3.63, 3.8) is 0 Å². The van der Waals surface area contributed by atoms with Crippen molar-refractivity contribution in [2.24, 2.45) is 0 Å². The topological polar surface area (TPSA) is 82.5 Å². The third-order valence-corrected chi connectivity index (χ3v) is 3.96. The third-order valence-electron chi connectivity index (χ3n) is 3.04. The van der Waals surface area contributed by atoms with Crippen molar-refractivity contribution in [2.45, 2.75) is 12.8 Å². The summed E-state index contributed by atoms with van der Waals surface area (Å²) in [6.07, 6.45) is 2.04. The monoisotopic (exact) mass is 337 g/mol. The molecule has 0 aliphatic carbocycles. The number of hydrogen-bond acceptors (Lipinski definition) is 4. The average Bonchev–Trinajstić information content (AvgIpc) is 2.91. The van der Waals surface area contributed by atoms with Crippen molar-refractivity contribution >= 4 is 28.5 Å². The quantitative estimate of drug-likeness (QED) is 0.849. The fourth-order valence-corrected chi connectivity index (χ4v) is 2.68. The number of urea groups is 1. The SMILES string of the molecule is CN(CCC(=O)O)C(=O)Nc1ncc(Cc2cccc(F)c2)s1. The maximum atomic E-state index is 13.1. The van der Waals surface area contributed by atoms with Crippen molar-refractivity contribution in [1.82, 2.24) is 9.88 Å². The summed E-state index contributed by atoms with van der Waals surface area (Å²) in [5.41, 5.74) is 0.824. The van der Waals surface area contributed by atoms with E-state index in [0.29, 0.717) is 11.6 Å². The minimum atomic E-state index is -0.962. The molecule has 1 aromatic carbocycles. The van der Waals surface area contributed by atoms with Gasteiger partial charge < -0.3 is 10.0 Å². The molecular weight excluding hydrogens is 321 g/mol. The lowest BCUT2D eigenvalue weighted by molar-refractivity contribution is -0.137. The third kappa shape index (κ3) is 5.33. The zero-order valence-electron chi connectivity index (χ0n) is 12.5. The number of benzene rings is 1. The van der Waals surface area contributed by atoms with Gasteiger partial charge in [0.25, 0.3) is 0 Å². The molecule has 0 saturated carbocycles. The van der Waals surface area contributed by atoms with Crippen molar-refractivity contribution in [1.29, 1.82) is 0 Å². The van der Waals surface area contributed by atoms with Gasteiger partial charge in [0.15, 0.2) is 5.13 Å². The summed E-state index contributed by atoms with van der Waals surface area (Å²) in [4.78, 5) is 28.6. The van der Waals surface area contributed by atoms with Gasteiger partial charge in [-0.15, -0.1) is 11.3 Å². The highest BCUT2D eigenvalue weighted by Gasteiger charge is 2.12. The molecule has 0 radical (unpaired) electrons. The smallest absolute Gasteiger partial charge is 0.323 e. The van der Waals surface area contributed by atoms with E-state index in [4.69, 9.17) is 5.11 Å². The number of nitrogens with one attached hydrogen (secondary N) is 1. The molecule has 8 heteroatoms. The molecule has 0 bridgehead atoms. The normalized spacial score (nSPS) is 10.3. The highest BCUT2D eigenvalue weighted by Crippen LogP contribution is 2.21. The van der Waals surface area contributed by atoms with Crippen LogP contribution in [0.1, 0.15) is 16.9 Å². The molecule has 122 valence electrons. The van der Waals surface area contributed by atoms with Crippen LogP contribution in [-0.4, -0.2) is 40.6 Å². The molecule has 1 aromatic heterocycles. The van der Waals surface area contributed by atoms with Crippen LogP contribution in [0.5, 0.6) is 0 Å². The second-order valence-corrected chi connectivity index (χ2v) is 6.05. The lowest BCUT2D eigenvalue weighted by atomic mass is 10.1. The standard InChI is InChI=1S/C15H16FN3O3S/c1-19(6-5-13(20)21)15(22)18-14-17-9-12(23-14)8-10-3-2-4-11(16)7-10/h2-4,7,9H,5-6,8H2,1H3,(H,20,21)(H,17,18,22). The van der Waals surface area contributed by atoms with Gasteiger partial charge in [-0.05, 0) is 17.7 Å². The van der Waals surface area contributed by atoms with Crippen LogP contribution >= 0.6 is 11.3 Å². The van der Waals surface area contributed by atoms with Gasteiger partial charge >= 0.3 is 12.0 Å². The van der Waals surface area contributed by atoms with E-state index in [9.17, 15) is 14.0 Å². The number of hydrogen-bond donors (Lipinski definition) is 2. The van der Waals surface area contributed by atoms with E-state index in [1.165, 1.54) is 35.4 Å². The number of amides is 2. The zero-order chi connectivity index (χ0) is 16.8. The van der Waals surface area contributed by atoms with Gasteiger partial charge in [-0.2, -0.15) is 0 Å². The van der Waals surface area contributed by atoms with Crippen molar-refractivity contribution in [3.8, 4) is 0 Å². The lowest BCUT2D eigenvalue weighted by Crippen LogP contribution is -2.33. The van der Waals surface area contributed by atoms with Crippen LogP contribution in [0.25, 0.3) is 0 Å². The Labute approximate surface area is 136 Å². The molecule has 0 aliphatic rings. The first kappa shape index (κ1) is 16.9. The zero-order valence-corrected chi connectivity index (χ0v) is 13.3. The molecule has 2 aromatic rings. The molecule has 0 spiro atoms. The van der Waals surface area contributed by atoms with Gasteiger partial charge in [-0.25, -0.2) is 14.2 Å². The van der Waals surface area contributed by atoms with Gasteiger partial charge in [-0.1, -0.05) is 12.1 Å². The summed E-state index contributed by atoms with van der Waals surface area (Å²) < 4.78 is 13.1. The van der Waals surface area contributed by atoms with Crippen LogP contribution in [0, 0.1) is 5.82 Å². The van der Waals surface area contributed by atoms with Gasteiger partial charge in [0.05, 0.1) is 6.42 Å². The Morgan fingerprint density at radius 2 is 2.22 bits per heavy atom. The number of aliphatic carboxylic acids is 1. The average molecular weight is 337 g/mol. The second kappa shape index (κ2) is 7.68. The first-order chi connectivity index (χ1) is 10.9. The summed E-state index contributed by atoms with van der Waals surface area (Å²) in [5.74, 6) is -1.25. The van der Waals surface area contributed by atoms with Crippen molar-refractivity contribution in [3.05, 3.63) is 46.7 Å². The van der Waals surface area contributed by atoms with Crippen LogP contribution in [0.15, 0.2) is 30.5 Å². The fraction of sp³-hybridized carbons (Fsp3) is 0.267. The Bertz CT molecular complexity index is 705. The van der Waals surface area contributed by atoms with Gasteiger partial charge in [0, 0.05) is 31.1 Å². The first-order valence-corrected chi connectivity index (χ1v) is 7.69. The molecule has 0 fully saturated rings.